The van der Waals surface area contributed by atoms with Gasteiger partial charge in [0.25, 0.3) is 5.91 Å². The second-order valence-corrected chi connectivity index (χ2v) is 6.07. The molecule has 0 unspecified atom stereocenters. The van der Waals surface area contributed by atoms with Gasteiger partial charge >= 0.3 is 5.97 Å². The van der Waals surface area contributed by atoms with Gasteiger partial charge in [-0.3, -0.25) is 4.79 Å². The third kappa shape index (κ3) is 1.32. The molecular weight excluding hydrogens is 230 g/mol. The smallest absolute Gasteiger partial charge is 0.327 e. The second kappa shape index (κ2) is 3.41. The first-order chi connectivity index (χ1) is 7.40. The van der Waals surface area contributed by atoms with Crippen molar-refractivity contribution in [1.29, 1.82) is 0 Å². The quantitative estimate of drug-likeness (QED) is 0.438. The fraction of sp³-hybridized carbons (Fsp3) is 0.600. The van der Waals surface area contributed by atoms with E-state index in [1.54, 1.807) is 0 Å². The standard InChI is InChI=1S/C10H13NO4S/c1-10(2)6(9(13)14)11-7(12)5(4-15-3)8(11)16-10/h4,6,8H,1-3H3,(H,13,14)/t6-,8+/m0/s1. The summed E-state index contributed by atoms with van der Waals surface area (Å²) in [4.78, 5) is 24.3. The fourth-order valence-electron chi connectivity index (χ4n) is 2.16. The maximum atomic E-state index is 11.7. The van der Waals surface area contributed by atoms with E-state index in [-0.39, 0.29) is 11.3 Å². The maximum absolute atomic E-state index is 11.7. The van der Waals surface area contributed by atoms with Gasteiger partial charge in [-0.1, -0.05) is 0 Å². The Morgan fingerprint density at radius 3 is 2.75 bits per heavy atom. The van der Waals surface area contributed by atoms with Crippen LogP contribution in [0, 0.1) is 0 Å². The van der Waals surface area contributed by atoms with Crippen molar-refractivity contribution in [1.82, 2.24) is 4.90 Å². The van der Waals surface area contributed by atoms with Crippen LogP contribution in [0.15, 0.2) is 11.8 Å². The average Bonchev–Trinajstić information content (AvgIpc) is 2.43. The van der Waals surface area contributed by atoms with Crippen LogP contribution >= 0.6 is 11.8 Å². The summed E-state index contributed by atoms with van der Waals surface area (Å²) in [6.07, 6.45) is 1.40. The summed E-state index contributed by atoms with van der Waals surface area (Å²) in [7, 11) is 1.47. The highest BCUT2D eigenvalue weighted by Crippen LogP contribution is 2.52. The lowest BCUT2D eigenvalue weighted by atomic mass is 9.96. The van der Waals surface area contributed by atoms with Gasteiger partial charge in [-0.2, -0.15) is 0 Å². The Morgan fingerprint density at radius 2 is 2.25 bits per heavy atom. The molecule has 88 valence electrons. The molecule has 2 heterocycles. The molecule has 0 aromatic heterocycles. The van der Waals surface area contributed by atoms with Gasteiger partial charge in [-0.25, -0.2) is 4.79 Å². The van der Waals surface area contributed by atoms with Crippen molar-refractivity contribution in [2.24, 2.45) is 0 Å². The number of carbonyl (C=O) groups excluding carboxylic acids is 1. The SMILES string of the molecule is COC=C1C(=O)N2[C@@H]1SC(C)(C)[C@@H]2C(=O)O. The summed E-state index contributed by atoms with van der Waals surface area (Å²) >= 11 is 1.48. The summed E-state index contributed by atoms with van der Waals surface area (Å²) in [5, 5.41) is 8.97. The van der Waals surface area contributed by atoms with Crippen LogP contribution in [0.2, 0.25) is 0 Å². The van der Waals surface area contributed by atoms with E-state index in [1.165, 1.54) is 30.0 Å². The first kappa shape index (κ1) is 11.3. The van der Waals surface area contributed by atoms with Crippen LogP contribution in [-0.4, -0.2) is 45.2 Å². The molecule has 1 N–H and O–H groups in total. The van der Waals surface area contributed by atoms with E-state index < -0.39 is 16.8 Å². The van der Waals surface area contributed by atoms with Crippen molar-refractivity contribution in [2.75, 3.05) is 7.11 Å². The number of fused-ring (bicyclic) bond motifs is 1. The first-order valence-electron chi connectivity index (χ1n) is 4.86. The molecule has 5 nitrogen and oxygen atoms in total. The lowest BCUT2D eigenvalue weighted by Crippen LogP contribution is -2.58. The Hall–Kier alpha value is -1.17. The minimum atomic E-state index is -0.954. The molecule has 0 saturated carbocycles. The Labute approximate surface area is 97.4 Å². The fourth-order valence-corrected chi connectivity index (χ4v) is 3.69. The molecule has 1 amide bonds. The maximum Gasteiger partial charge on any atom is 0.327 e. The predicted octanol–water partition coefficient (Wildman–Crippen LogP) is 0.664. The van der Waals surface area contributed by atoms with Gasteiger partial charge in [0.15, 0.2) is 0 Å². The van der Waals surface area contributed by atoms with Gasteiger partial charge in [-0.15, -0.1) is 11.8 Å². The van der Waals surface area contributed by atoms with Crippen LogP contribution in [0.25, 0.3) is 0 Å². The number of carboxylic acid groups (broad SMARTS) is 1. The van der Waals surface area contributed by atoms with Crippen molar-refractivity contribution in [3.05, 3.63) is 11.8 Å². The number of aliphatic carboxylic acids is 1. The summed E-state index contributed by atoms with van der Waals surface area (Å²) in [5.74, 6) is -1.19. The zero-order valence-corrected chi connectivity index (χ0v) is 10.1. The average molecular weight is 243 g/mol. The third-order valence-corrected chi connectivity index (χ3v) is 4.37. The monoisotopic (exact) mass is 243 g/mol. The van der Waals surface area contributed by atoms with E-state index in [2.05, 4.69) is 0 Å². The molecule has 0 spiro atoms. The van der Waals surface area contributed by atoms with Crippen LogP contribution in [0.5, 0.6) is 0 Å². The van der Waals surface area contributed by atoms with Crippen LogP contribution in [-0.2, 0) is 14.3 Å². The van der Waals surface area contributed by atoms with Gasteiger partial charge < -0.3 is 14.7 Å². The van der Waals surface area contributed by atoms with E-state index in [4.69, 9.17) is 9.84 Å². The van der Waals surface area contributed by atoms with Gasteiger partial charge in [0, 0.05) is 4.75 Å². The van der Waals surface area contributed by atoms with Gasteiger partial charge in [0.1, 0.15) is 11.4 Å². The molecule has 16 heavy (non-hydrogen) atoms. The lowest BCUT2D eigenvalue weighted by Gasteiger charge is -2.38. The molecule has 0 aromatic rings. The van der Waals surface area contributed by atoms with Crippen molar-refractivity contribution in [2.45, 2.75) is 30.0 Å². The van der Waals surface area contributed by atoms with E-state index in [0.29, 0.717) is 5.57 Å². The zero-order chi connectivity index (χ0) is 12.1. The topological polar surface area (TPSA) is 66.8 Å². The van der Waals surface area contributed by atoms with Crippen molar-refractivity contribution < 1.29 is 19.4 Å². The Kier molecular flexibility index (Phi) is 2.41. The number of hydrogen-bond acceptors (Lipinski definition) is 4. The largest absolute Gasteiger partial charge is 0.504 e. The highest BCUT2D eigenvalue weighted by atomic mass is 32.2. The Morgan fingerprint density at radius 1 is 1.62 bits per heavy atom. The molecule has 2 aliphatic heterocycles. The number of nitrogens with zero attached hydrogens (tertiary/aromatic N) is 1. The number of carboxylic acids is 1. The lowest BCUT2D eigenvalue weighted by molar-refractivity contribution is -0.152. The van der Waals surface area contributed by atoms with E-state index in [9.17, 15) is 9.59 Å². The van der Waals surface area contributed by atoms with E-state index >= 15 is 0 Å². The third-order valence-electron chi connectivity index (χ3n) is 2.83. The first-order valence-corrected chi connectivity index (χ1v) is 5.74. The number of thioether (sulfide) groups is 1. The minimum absolute atomic E-state index is 0.177. The minimum Gasteiger partial charge on any atom is -0.504 e. The van der Waals surface area contributed by atoms with Gasteiger partial charge in [0.05, 0.1) is 18.9 Å². The summed E-state index contributed by atoms with van der Waals surface area (Å²) in [6, 6.07) is -0.760. The summed E-state index contributed by atoms with van der Waals surface area (Å²) in [6.45, 7) is 3.68. The van der Waals surface area contributed by atoms with Crippen molar-refractivity contribution >= 4 is 23.6 Å². The highest BCUT2D eigenvalue weighted by molar-refractivity contribution is 8.01. The van der Waals surface area contributed by atoms with Crippen molar-refractivity contribution in [3.63, 3.8) is 0 Å². The second-order valence-electron chi connectivity index (χ2n) is 4.34. The van der Waals surface area contributed by atoms with Crippen LogP contribution in [0.3, 0.4) is 0 Å². The molecule has 2 rings (SSSR count). The van der Waals surface area contributed by atoms with Crippen LogP contribution in [0.1, 0.15) is 13.8 Å². The zero-order valence-electron chi connectivity index (χ0n) is 9.26. The number of amides is 1. The number of carbonyl (C=O) groups is 2. The molecule has 0 aliphatic carbocycles. The Bertz CT molecular complexity index is 390. The predicted molar refractivity (Wildman–Crippen MR) is 58.8 cm³/mol. The van der Waals surface area contributed by atoms with Crippen molar-refractivity contribution in [3.8, 4) is 0 Å². The van der Waals surface area contributed by atoms with Gasteiger partial charge in [-0.05, 0) is 13.8 Å². The van der Waals surface area contributed by atoms with Crippen LogP contribution < -0.4 is 0 Å². The molecule has 6 heteroatoms. The summed E-state index contributed by atoms with van der Waals surface area (Å²) in [5.41, 5.74) is 0.546. The molecule has 0 bridgehead atoms. The van der Waals surface area contributed by atoms with E-state index in [0.717, 1.165) is 0 Å². The molecular formula is C10H13NO4S. The molecule has 2 fully saturated rings. The van der Waals surface area contributed by atoms with Gasteiger partial charge in [0.2, 0.25) is 0 Å². The molecule has 2 saturated heterocycles. The number of hydrogen-bond donors (Lipinski definition) is 1. The molecule has 2 atom stereocenters. The number of β-lactam (4-membered cyclic amide) rings is 1. The van der Waals surface area contributed by atoms with Crippen LogP contribution in [0.4, 0.5) is 0 Å². The molecule has 2 aliphatic rings. The molecule has 0 radical (unpaired) electrons. The summed E-state index contributed by atoms with van der Waals surface area (Å²) < 4.78 is 4.34. The van der Waals surface area contributed by atoms with E-state index in [1.807, 2.05) is 13.8 Å². The normalized spacial score (nSPS) is 33.6. The highest BCUT2D eigenvalue weighted by Gasteiger charge is 2.61. The Balaban J connectivity index is 2.32. The molecule has 0 aromatic carbocycles. The number of rotatable bonds is 2. The number of ether oxygens (including phenoxy) is 1. The number of methoxy groups -OCH3 is 1.